The van der Waals surface area contributed by atoms with E-state index in [1.165, 1.54) is 0 Å². The van der Waals surface area contributed by atoms with Gasteiger partial charge >= 0.3 is 0 Å². The van der Waals surface area contributed by atoms with Crippen LogP contribution >= 0.6 is 15.9 Å². The smallest absolute Gasteiger partial charge is 0.166 e. The van der Waals surface area contributed by atoms with Crippen LogP contribution in [0.1, 0.15) is 24.5 Å². The van der Waals surface area contributed by atoms with Gasteiger partial charge in [-0.3, -0.25) is 0 Å². The SMILES string of the molecule is CCC(CO)NCc1cc(Br)cc(OC)c1OCc1ccccc1. The molecule has 0 aromatic heterocycles. The highest BCUT2D eigenvalue weighted by molar-refractivity contribution is 9.10. The summed E-state index contributed by atoms with van der Waals surface area (Å²) in [5.41, 5.74) is 2.09. The lowest BCUT2D eigenvalue weighted by molar-refractivity contribution is 0.236. The van der Waals surface area contributed by atoms with Crippen LogP contribution in [0.15, 0.2) is 46.9 Å². The molecule has 0 radical (unpaired) electrons. The maximum absolute atomic E-state index is 9.35. The Morgan fingerprint density at radius 2 is 1.96 bits per heavy atom. The molecular weight excluding hydrogens is 370 g/mol. The summed E-state index contributed by atoms with van der Waals surface area (Å²) in [7, 11) is 1.64. The molecule has 2 aromatic rings. The number of ether oxygens (including phenoxy) is 2. The normalized spacial score (nSPS) is 12.0. The van der Waals surface area contributed by atoms with Crippen molar-refractivity contribution in [3.8, 4) is 11.5 Å². The zero-order valence-electron chi connectivity index (χ0n) is 14.1. The van der Waals surface area contributed by atoms with Crippen LogP contribution in [-0.4, -0.2) is 24.9 Å². The molecule has 1 atom stereocenters. The van der Waals surface area contributed by atoms with Crippen molar-refractivity contribution >= 4 is 15.9 Å². The van der Waals surface area contributed by atoms with E-state index >= 15 is 0 Å². The summed E-state index contributed by atoms with van der Waals surface area (Å²) in [6, 6.07) is 14.0. The maximum atomic E-state index is 9.35. The Morgan fingerprint density at radius 1 is 1.21 bits per heavy atom. The van der Waals surface area contributed by atoms with Gasteiger partial charge in [0.15, 0.2) is 11.5 Å². The van der Waals surface area contributed by atoms with E-state index in [1.54, 1.807) is 7.11 Å². The van der Waals surface area contributed by atoms with Gasteiger partial charge in [0.05, 0.1) is 13.7 Å². The molecule has 1 unspecified atom stereocenters. The molecule has 0 bridgehead atoms. The lowest BCUT2D eigenvalue weighted by Gasteiger charge is -2.19. The van der Waals surface area contributed by atoms with E-state index < -0.39 is 0 Å². The standard InChI is InChI=1S/C19H24BrNO3/c1-3-17(12-22)21-11-15-9-16(20)10-18(23-2)19(15)24-13-14-7-5-4-6-8-14/h4-10,17,21-22H,3,11-13H2,1-2H3. The second-order valence-electron chi connectivity index (χ2n) is 5.54. The summed E-state index contributed by atoms with van der Waals surface area (Å²) in [4.78, 5) is 0. The Hall–Kier alpha value is -1.56. The molecule has 4 nitrogen and oxygen atoms in total. The molecule has 0 spiro atoms. The molecule has 0 saturated carbocycles. The highest BCUT2D eigenvalue weighted by atomic mass is 79.9. The average molecular weight is 394 g/mol. The second kappa shape index (κ2) is 9.67. The van der Waals surface area contributed by atoms with Crippen molar-refractivity contribution < 1.29 is 14.6 Å². The minimum Gasteiger partial charge on any atom is -0.493 e. The van der Waals surface area contributed by atoms with Crippen LogP contribution < -0.4 is 14.8 Å². The molecule has 0 aliphatic heterocycles. The van der Waals surface area contributed by atoms with Gasteiger partial charge in [0.1, 0.15) is 6.61 Å². The van der Waals surface area contributed by atoms with Crippen LogP contribution in [0.2, 0.25) is 0 Å². The van der Waals surface area contributed by atoms with Gasteiger partial charge < -0.3 is 19.9 Å². The molecule has 0 fully saturated rings. The van der Waals surface area contributed by atoms with Crippen LogP contribution in [0.4, 0.5) is 0 Å². The first-order valence-corrected chi connectivity index (χ1v) is 8.84. The fourth-order valence-electron chi connectivity index (χ4n) is 2.39. The van der Waals surface area contributed by atoms with Crippen LogP contribution in [0, 0.1) is 0 Å². The van der Waals surface area contributed by atoms with E-state index in [-0.39, 0.29) is 12.6 Å². The first-order valence-electron chi connectivity index (χ1n) is 8.05. The predicted octanol–water partition coefficient (Wildman–Crippen LogP) is 3.90. The van der Waals surface area contributed by atoms with Crippen LogP contribution in [-0.2, 0) is 13.2 Å². The van der Waals surface area contributed by atoms with E-state index in [0.29, 0.717) is 18.9 Å². The number of aliphatic hydroxyl groups is 1. The minimum atomic E-state index is 0.0666. The Bertz CT molecular complexity index is 630. The Kier molecular flexibility index (Phi) is 7.56. The van der Waals surface area contributed by atoms with E-state index in [2.05, 4.69) is 21.2 Å². The number of halogens is 1. The van der Waals surface area contributed by atoms with Gasteiger partial charge in [-0.15, -0.1) is 0 Å². The molecule has 2 N–H and O–H groups in total. The monoisotopic (exact) mass is 393 g/mol. The molecule has 2 aromatic carbocycles. The molecule has 0 amide bonds. The molecule has 0 heterocycles. The second-order valence-corrected chi connectivity index (χ2v) is 6.45. The summed E-state index contributed by atoms with van der Waals surface area (Å²) < 4.78 is 12.5. The van der Waals surface area contributed by atoms with E-state index in [4.69, 9.17) is 9.47 Å². The molecule has 2 rings (SSSR count). The topological polar surface area (TPSA) is 50.7 Å². The molecule has 130 valence electrons. The van der Waals surface area contributed by atoms with Crippen molar-refractivity contribution in [3.05, 3.63) is 58.1 Å². The largest absolute Gasteiger partial charge is 0.493 e. The van der Waals surface area contributed by atoms with Gasteiger partial charge in [-0.2, -0.15) is 0 Å². The van der Waals surface area contributed by atoms with Gasteiger partial charge in [-0.25, -0.2) is 0 Å². The van der Waals surface area contributed by atoms with Crippen LogP contribution in [0.5, 0.6) is 11.5 Å². The van der Waals surface area contributed by atoms with Gasteiger partial charge in [-0.05, 0) is 24.1 Å². The van der Waals surface area contributed by atoms with Crippen LogP contribution in [0.25, 0.3) is 0 Å². The zero-order chi connectivity index (χ0) is 17.4. The number of nitrogens with one attached hydrogen (secondary N) is 1. The number of hydrogen-bond donors (Lipinski definition) is 2. The third-order valence-corrected chi connectivity index (χ3v) is 4.29. The minimum absolute atomic E-state index is 0.0666. The summed E-state index contributed by atoms with van der Waals surface area (Å²) in [5, 5.41) is 12.7. The lowest BCUT2D eigenvalue weighted by atomic mass is 10.1. The Morgan fingerprint density at radius 3 is 2.58 bits per heavy atom. The van der Waals surface area contributed by atoms with Crippen molar-refractivity contribution in [2.45, 2.75) is 32.5 Å². The molecular formula is C19H24BrNO3. The average Bonchev–Trinajstić information content (AvgIpc) is 2.62. The fourth-order valence-corrected chi connectivity index (χ4v) is 2.88. The van der Waals surface area contributed by atoms with Crippen molar-refractivity contribution in [1.82, 2.24) is 5.32 Å². The van der Waals surface area contributed by atoms with Gasteiger partial charge in [0.25, 0.3) is 0 Å². The Labute approximate surface area is 151 Å². The molecule has 24 heavy (non-hydrogen) atoms. The first-order chi connectivity index (χ1) is 11.7. The van der Waals surface area contributed by atoms with Gasteiger partial charge in [0, 0.05) is 22.6 Å². The van der Waals surface area contributed by atoms with Crippen molar-refractivity contribution in [2.75, 3.05) is 13.7 Å². The number of benzene rings is 2. The van der Waals surface area contributed by atoms with Gasteiger partial charge in [-0.1, -0.05) is 53.2 Å². The number of rotatable bonds is 9. The van der Waals surface area contributed by atoms with Crippen molar-refractivity contribution in [3.63, 3.8) is 0 Å². The van der Waals surface area contributed by atoms with E-state index in [9.17, 15) is 5.11 Å². The highest BCUT2D eigenvalue weighted by Gasteiger charge is 2.14. The quantitative estimate of drug-likeness (QED) is 0.678. The number of methoxy groups -OCH3 is 1. The van der Waals surface area contributed by atoms with E-state index in [0.717, 1.165) is 27.8 Å². The summed E-state index contributed by atoms with van der Waals surface area (Å²) >= 11 is 3.51. The third kappa shape index (κ3) is 5.23. The Balaban J connectivity index is 2.19. The molecule has 0 aliphatic rings. The molecule has 0 aliphatic carbocycles. The first kappa shape index (κ1) is 18.8. The van der Waals surface area contributed by atoms with E-state index in [1.807, 2.05) is 49.4 Å². The zero-order valence-corrected chi connectivity index (χ0v) is 15.7. The molecule has 0 saturated heterocycles. The summed E-state index contributed by atoms with van der Waals surface area (Å²) in [5.74, 6) is 1.42. The van der Waals surface area contributed by atoms with Crippen LogP contribution in [0.3, 0.4) is 0 Å². The van der Waals surface area contributed by atoms with Crippen molar-refractivity contribution in [1.29, 1.82) is 0 Å². The number of hydrogen-bond acceptors (Lipinski definition) is 4. The fraction of sp³-hybridized carbons (Fsp3) is 0.368. The lowest BCUT2D eigenvalue weighted by Crippen LogP contribution is -2.31. The summed E-state index contributed by atoms with van der Waals surface area (Å²) in [6.07, 6.45) is 0.863. The maximum Gasteiger partial charge on any atom is 0.166 e. The van der Waals surface area contributed by atoms with Gasteiger partial charge in [0.2, 0.25) is 0 Å². The third-order valence-electron chi connectivity index (χ3n) is 3.84. The van der Waals surface area contributed by atoms with Crippen molar-refractivity contribution in [2.24, 2.45) is 0 Å². The predicted molar refractivity (Wildman–Crippen MR) is 99.5 cm³/mol. The highest BCUT2D eigenvalue weighted by Crippen LogP contribution is 2.35. The molecule has 5 heteroatoms. The summed E-state index contributed by atoms with van der Waals surface area (Å²) in [6.45, 7) is 3.23. The number of aliphatic hydroxyl groups excluding tert-OH is 1.